The van der Waals surface area contributed by atoms with E-state index in [1.165, 1.54) is 0 Å². The average Bonchev–Trinajstić information content (AvgIpc) is 2.91. The Morgan fingerprint density at radius 1 is 0.543 bits per heavy atom. The number of carbonyl (C=O) groups excluding carboxylic acids is 7. The fraction of sp³-hybridized carbons (Fsp3) is 0.731. The minimum Gasteiger partial charge on any atom is -0.463 e. The summed E-state index contributed by atoms with van der Waals surface area (Å²) < 4.78 is 54.8. The Morgan fingerprint density at radius 3 is 1.37 bits per heavy atom. The van der Waals surface area contributed by atoms with Gasteiger partial charge < -0.3 is 47.4 Å². The normalized spacial score (nSPS) is 30.3. The van der Waals surface area contributed by atoms with Gasteiger partial charge in [0.05, 0.1) is 0 Å². The molecule has 2 fully saturated rings. The summed E-state index contributed by atoms with van der Waals surface area (Å²) in [5.74, 6) is -6.10. The molecule has 0 aromatic carbocycles. The minimum atomic E-state index is -1.82. The van der Waals surface area contributed by atoms with E-state index in [2.05, 4.69) is 10.0 Å². The van der Waals surface area contributed by atoms with Crippen LogP contribution >= 0.6 is 0 Å². The van der Waals surface area contributed by atoms with Gasteiger partial charge in [-0.25, -0.2) is 0 Å². The highest BCUT2D eigenvalue weighted by Crippen LogP contribution is 2.35. The molecule has 0 amide bonds. The highest BCUT2D eigenvalue weighted by molar-refractivity contribution is 5.69. The van der Waals surface area contributed by atoms with Gasteiger partial charge in [-0.2, -0.15) is 0 Å². The van der Waals surface area contributed by atoms with Crippen LogP contribution in [0.4, 0.5) is 0 Å². The predicted octanol–water partition coefficient (Wildman–Crippen LogP) is -0.0836. The largest absolute Gasteiger partial charge is 0.463 e. The van der Waals surface area contributed by atoms with E-state index in [9.17, 15) is 33.6 Å². The molecular formula is C26H35N3O17. The number of azide groups is 1. The number of hydrogen-bond donors (Lipinski definition) is 0. The Bertz CT molecular complexity index is 1220. The van der Waals surface area contributed by atoms with Crippen molar-refractivity contribution in [1.82, 2.24) is 0 Å². The molecule has 2 saturated heterocycles. The van der Waals surface area contributed by atoms with Gasteiger partial charge in [0.2, 0.25) is 0 Å². The van der Waals surface area contributed by atoms with Crippen molar-refractivity contribution >= 4 is 41.8 Å². The van der Waals surface area contributed by atoms with E-state index in [4.69, 9.17) is 52.9 Å². The molecule has 2 aliphatic heterocycles. The van der Waals surface area contributed by atoms with Crippen LogP contribution in [0.25, 0.3) is 10.4 Å². The molecule has 2 heterocycles. The molecule has 0 radical (unpaired) electrons. The summed E-state index contributed by atoms with van der Waals surface area (Å²) in [5.41, 5.74) is 9.13. The van der Waals surface area contributed by atoms with Crippen molar-refractivity contribution in [2.24, 2.45) is 5.11 Å². The van der Waals surface area contributed by atoms with Gasteiger partial charge in [-0.3, -0.25) is 33.6 Å². The predicted molar refractivity (Wildman–Crippen MR) is 142 cm³/mol. The van der Waals surface area contributed by atoms with Crippen molar-refractivity contribution in [3.63, 3.8) is 0 Å². The van der Waals surface area contributed by atoms with E-state index >= 15 is 0 Å². The summed E-state index contributed by atoms with van der Waals surface area (Å²) in [6.07, 6.45) is -16.1. The summed E-state index contributed by atoms with van der Waals surface area (Å²) in [4.78, 5) is 86.7. The Kier molecular flexibility index (Phi) is 14.1. The first-order chi connectivity index (χ1) is 21.5. The van der Waals surface area contributed by atoms with Crippen LogP contribution in [-0.4, -0.2) is 116 Å². The smallest absolute Gasteiger partial charge is 0.303 e. The third-order valence-electron chi connectivity index (χ3n) is 6.07. The van der Waals surface area contributed by atoms with Gasteiger partial charge in [-0.15, -0.1) is 0 Å². The van der Waals surface area contributed by atoms with Gasteiger partial charge in [-0.1, -0.05) is 5.11 Å². The first-order valence-corrected chi connectivity index (χ1v) is 13.7. The molecule has 10 atom stereocenters. The standard InChI is InChI=1S/C26H35N3O17/c1-10(30)37-8-17-20(21(40-13(4)33)23(42-15(6)35)25(44-17)28-29-27)46-26-24(43-16(7)36)22(41-14(5)34)19(39-12(3)32)18(45-26)9-38-11(2)31/h17-26H,8-9H2,1-7H3. The van der Waals surface area contributed by atoms with E-state index in [0.29, 0.717) is 0 Å². The molecule has 10 unspecified atom stereocenters. The lowest BCUT2D eigenvalue weighted by Crippen LogP contribution is -2.67. The van der Waals surface area contributed by atoms with Crippen LogP contribution in [0.2, 0.25) is 0 Å². The van der Waals surface area contributed by atoms with Crippen molar-refractivity contribution in [2.75, 3.05) is 13.2 Å². The Labute approximate surface area is 261 Å². The average molecular weight is 662 g/mol. The Balaban J connectivity index is 2.73. The maximum Gasteiger partial charge on any atom is 0.303 e. The van der Waals surface area contributed by atoms with Crippen molar-refractivity contribution in [2.45, 2.75) is 110 Å². The van der Waals surface area contributed by atoms with Crippen LogP contribution in [0.1, 0.15) is 48.5 Å². The number of ether oxygens (including phenoxy) is 10. The second kappa shape index (κ2) is 17.2. The summed E-state index contributed by atoms with van der Waals surface area (Å²) in [6.45, 7) is 6.05. The van der Waals surface area contributed by atoms with Crippen molar-refractivity contribution in [3.8, 4) is 0 Å². The number of hydrogen-bond acceptors (Lipinski definition) is 18. The summed E-state index contributed by atoms with van der Waals surface area (Å²) in [6, 6.07) is 0. The molecule has 20 nitrogen and oxygen atoms in total. The molecule has 0 aliphatic carbocycles. The number of nitrogens with zero attached hydrogens (tertiary/aromatic N) is 3. The monoisotopic (exact) mass is 661 g/mol. The highest BCUT2D eigenvalue weighted by Gasteiger charge is 2.57. The van der Waals surface area contributed by atoms with Crippen molar-refractivity contribution in [3.05, 3.63) is 10.4 Å². The lowest BCUT2D eigenvalue weighted by Gasteiger charge is -2.48. The van der Waals surface area contributed by atoms with Gasteiger partial charge in [0.25, 0.3) is 0 Å². The lowest BCUT2D eigenvalue weighted by molar-refractivity contribution is -0.344. The van der Waals surface area contributed by atoms with E-state index < -0.39 is 116 Å². The Morgan fingerprint density at radius 2 is 0.935 bits per heavy atom. The van der Waals surface area contributed by atoms with E-state index in [1.54, 1.807) is 0 Å². The molecule has 0 aromatic rings. The molecule has 0 N–H and O–H groups in total. The fourth-order valence-corrected chi connectivity index (χ4v) is 4.63. The van der Waals surface area contributed by atoms with Crippen LogP contribution in [0, 0.1) is 0 Å². The number of carbonyl (C=O) groups is 7. The third kappa shape index (κ3) is 11.1. The molecule has 256 valence electrons. The minimum absolute atomic E-state index is 0.585. The SMILES string of the molecule is CC(=O)OCC1OC(N=[N+]=[N-])C(OC(C)=O)C(OC(C)=O)C1OC1OC(COC(C)=O)C(OC(C)=O)C(OC(C)=O)C1OC(C)=O. The van der Waals surface area contributed by atoms with E-state index in [0.717, 1.165) is 48.5 Å². The van der Waals surface area contributed by atoms with E-state index in [-0.39, 0.29) is 0 Å². The summed E-state index contributed by atoms with van der Waals surface area (Å²) >= 11 is 0. The molecule has 2 aliphatic rings. The lowest BCUT2D eigenvalue weighted by atomic mass is 9.95. The van der Waals surface area contributed by atoms with Gasteiger partial charge in [0.1, 0.15) is 31.5 Å². The topological polar surface area (TPSA) is 261 Å². The molecule has 0 aromatic heterocycles. The molecule has 0 saturated carbocycles. The molecule has 0 spiro atoms. The van der Waals surface area contributed by atoms with Crippen LogP contribution in [0.5, 0.6) is 0 Å². The van der Waals surface area contributed by atoms with Gasteiger partial charge >= 0.3 is 41.8 Å². The molecule has 2 rings (SSSR count). The van der Waals surface area contributed by atoms with Crippen LogP contribution in [0.15, 0.2) is 5.11 Å². The zero-order valence-electron chi connectivity index (χ0n) is 26.0. The number of rotatable bonds is 12. The molecule has 46 heavy (non-hydrogen) atoms. The van der Waals surface area contributed by atoms with Crippen LogP contribution < -0.4 is 0 Å². The highest BCUT2D eigenvalue weighted by atomic mass is 16.8. The Hall–Kier alpha value is -4.52. The molecule has 20 heteroatoms. The quantitative estimate of drug-likeness (QED) is 0.0870. The second-order valence-electron chi connectivity index (χ2n) is 9.89. The maximum atomic E-state index is 12.2. The van der Waals surface area contributed by atoms with Crippen molar-refractivity contribution in [1.29, 1.82) is 0 Å². The van der Waals surface area contributed by atoms with Gasteiger partial charge in [0, 0.05) is 53.4 Å². The number of esters is 7. The summed E-state index contributed by atoms with van der Waals surface area (Å²) in [7, 11) is 0. The fourth-order valence-electron chi connectivity index (χ4n) is 4.63. The molecule has 0 bridgehead atoms. The zero-order chi connectivity index (χ0) is 34.7. The summed E-state index contributed by atoms with van der Waals surface area (Å²) in [5, 5.41) is 3.46. The van der Waals surface area contributed by atoms with Gasteiger partial charge in [0.15, 0.2) is 43.0 Å². The first-order valence-electron chi connectivity index (χ1n) is 13.7. The third-order valence-corrected chi connectivity index (χ3v) is 6.07. The van der Waals surface area contributed by atoms with E-state index in [1.807, 2.05) is 0 Å². The first kappa shape index (κ1) is 37.7. The van der Waals surface area contributed by atoms with Crippen LogP contribution in [-0.2, 0) is 80.9 Å². The maximum absolute atomic E-state index is 12.2. The van der Waals surface area contributed by atoms with Crippen molar-refractivity contribution < 1.29 is 80.9 Å². The van der Waals surface area contributed by atoms with Gasteiger partial charge in [-0.05, 0) is 5.53 Å². The molecular weight excluding hydrogens is 626 g/mol. The van der Waals surface area contributed by atoms with Crippen LogP contribution in [0.3, 0.4) is 0 Å². The second-order valence-corrected chi connectivity index (χ2v) is 9.89. The zero-order valence-corrected chi connectivity index (χ0v) is 26.0.